The van der Waals surface area contributed by atoms with Crippen LogP contribution in [0.15, 0.2) is 0 Å². The van der Waals surface area contributed by atoms with Gasteiger partial charge in [-0.1, -0.05) is 0 Å². The summed E-state index contributed by atoms with van der Waals surface area (Å²) in [5, 5.41) is 0. The zero-order chi connectivity index (χ0) is 8.10. The van der Waals surface area contributed by atoms with Gasteiger partial charge in [-0.15, -0.1) is 11.6 Å². The van der Waals surface area contributed by atoms with Crippen LogP contribution in [0, 0.1) is 0 Å². The molecule has 64 valence electrons. The minimum atomic E-state index is -0.314. The van der Waals surface area contributed by atoms with Crippen LogP contribution in [0.4, 0.5) is 0 Å². The monoisotopic (exact) mass is 178 g/mol. The molecule has 1 aliphatic rings. The van der Waals surface area contributed by atoms with Crippen molar-refractivity contribution in [1.29, 1.82) is 0 Å². The van der Waals surface area contributed by atoms with Gasteiger partial charge in [0.15, 0.2) is 0 Å². The van der Waals surface area contributed by atoms with E-state index in [1.54, 1.807) is 0 Å². The van der Waals surface area contributed by atoms with Crippen LogP contribution < -0.4 is 0 Å². The van der Waals surface area contributed by atoms with Crippen LogP contribution in [0.1, 0.15) is 19.3 Å². The van der Waals surface area contributed by atoms with Gasteiger partial charge in [-0.05, 0) is 6.42 Å². The fourth-order valence-corrected chi connectivity index (χ4v) is 1.08. The number of rotatable bonds is 3. The molecule has 1 fully saturated rings. The lowest BCUT2D eigenvalue weighted by molar-refractivity contribution is -0.169. The van der Waals surface area contributed by atoms with E-state index in [0.29, 0.717) is 12.5 Å². The second-order valence-electron chi connectivity index (χ2n) is 2.37. The molecule has 0 N–H and O–H groups in total. The number of ether oxygens (including phenoxy) is 2. The molecule has 11 heavy (non-hydrogen) atoms. The summed E-state index contributed by atoms with van der Waals surface area (Å²) in [6, 6.07) is 0. The zero-order valence-electron chi connectivity index (χ0n) is 6.22. The maximum Gasteiger partial charge on any atom is 0.309 e. The van der Waals surface area contributed by atoms with E-state index in [1.165, 1.54) is 0 Å². The highest BCUT2D eigenvalue weighted by molar-refractivity contribution is 6.18. The molecule has 1 rings (SSSR count). The van der Waals surface area contributed by atoms with Gasteiger partial charge < -0.3 is 9.47 Å². The number of esters is 1. The Kier molecular flexibility index (Phi) is 3.66. The minimum absolute atomic E-state index is 0.265. The highest BCUT2D eigenvalue weighted by Gasteiger charge is 2.18. The normalized spacial score (nSPS) is 23.5. The SMILES string of the molecule is O=C(CCCl)OC1CCCO1. The molecule has 0 aliphatic carbocycles. The van der Waals surface area contributed by atoms with Crippen molar-refractivity contribution in [2.45, 2.75) is 25.6 Å². The van der Waals surface area contributed by atoms with Gasteiger partial charge in [-0.3, -0.25) is 4.79 Å². The Bertz CT molecular complexity index is 132. The Balaban J connectivity index is 2.13. The molecule has 0 aromatic heterocycles. The Labute approximate surface area is 70.6 Å². The van der Waals surface area contributed by atoms with Crippen LogP contribution in [-0.4, -0.2) is 24.7 Å². The van der Waals surface area contributed by atoms with Crippen molar-refractivity contribution in [3.05, 3.63) is 0 Å². The summed E-state index contributed by atoms with van der Waals surface area (Å²) < 4.78 is 9.99. The average molecular weight is 179 g/mol. The molecule has 4 heteroatoms. The first-order valence-corrected chi connectivity index (χ1v) is 4.23. The molecule has 0 amide bonds. The van der Waals surface area contributed by atoms with Crippen molar-refractivity contribution in [2.75, 3.05) is 12.5 Å². The van der Waals surface area contributed by atoms with Gasteiger partial charge in [0.25, 0.3) is 0 Å². The molecule has 0 saturated carbocycles. The maximum atomic E-state index is 10.8. The van der Waals surface area contributed by atoms with E-state index in [-0.39, 0.29) is 18.7 Å². The van der Waals surface area contributed by atoms with Gasteiger partial charge in [0.2, 0.25) is 6.29 Å². The van der Waals surface area contributed by atoms with Gasteiger partial charge in [0.1, 0.15) is 0 Å². The first kappa shape index (κ1) is 8.81. The summed E-state index contributed by atoms with van der Waals surface area (Å²) in [6.07, 6.45) is 1.74. The number of hydrogen-bond acceptors (Lipinski definition) is 3. The van der Waals surface area contributed by atoms with Crippen molar-refractivity contribution in [2.24, 2.45) is 0 Å². The second-order valence-corrected chi connectivity index (χ2v) is 2.75. The van der Waals surface area contributed by atoms with Crippen LogP contribution in [0.2, 0.25) is 0 Å². The molecule has 0 radical (unpaired) electrons. The first-order chi connectivity index (χ1) is 5.33. The van der Waals surface area contributed by atoms with E-state index >= 15 is 0 Å². The summed E-state index contributed by atoms with van der Waals surface area (Å²) in [6.45, 7) is 0.693. The molecule has 0 aromatic rings. The fourth-order valence-electron chi connectivity index (χ4n) is 0.924. The molecule has 0 aromatic carbocycles. The molecule has 3 nitrogen and oxygen atoms in total. The Morgan fingerprint density at radius 2 is 2.55 bits per heavy atom. The maximum absolute atomic E-state index is 10.8. The van der Waals surface area contributed by atoms with Crippen LogP contribution in [0.5, 0.6) is 0 Å². The van der Waals surface area contributed by atoms with E-state index in [2.05, 4.69) is 0 Å². The molecule has 0 bridgehead atoms. The quantitative estimate of drug-likeness (QED) is 0.483. The first-order valence-electron chi connectivity index (χ1n) is 3.70. The van der Waals surface area contributed by atoms with E-state index in [9.17, 15) is 4.79 Å². The lowest BCUT2D eigenvalue weighted by atomic mass is 10.4. The third kappa shape index (κ3) is 3.08. The Morgan fingerprint density at radius 1 is 1.73 bits per heavy atom. The number of carbonyl (C=O) groups excluding carboxylic acids is 1. The van der Waals surface area contributed by atoms with E-state index in [1.807, 2.05) is 0 Å². The number of carbonyl (C=O) groups is 1. The number of hydrogen-bond donors (Lipinski definition) is 0. The molecule has 1 heterocycles. The van der Waals surface area contributed by atoms with Gasteiger partial charge in [-0.25, -0.2) is 0 Å². The summed E-state index contributed by atoms with van der Waals surface area (Å²) in [4.78, 5) is 10.8. The van der Waals surface area contributed by atoms with E-state index < -0.39 is 0 Å². The molecule has 1 atom stereocenters. The highest BCUT2D eigenvalue weighted by atomic mass is 35.5. The van der Waals surface area contributed by atoms with Crippen LogP contribution in [-0.2, 0) is 14.3 Å². The van der Waals surface area contributed by atoms with Crippen LogP contribution in [0.3, 0.4) is 0 Å². The largest absolute Gasteiger partial charge is 0.436 e. The topological polar surface area (TPSA) is 35.5 Å². The van der Waals surface area contributed by atoms with Crippen molar-refractivity contribution >= 4 is 17.6 Å². The van der Waals surface area contributed by atoms with Crippen molar-refractivity contribution in [1.82, 2.24) is 0 Å². The number of halogens is 1. The van der Waals surface area contributed by atoms with Crippen LogP contribution in [0.25, 0.3) is 0 Å². The predicted molar refractivity (Wildman–Crippen MR) is 40.4 cm³/mol. The van der Waals surface area contributed by atoms with Gasteiger partial charge >= 0.3 is 5.97 Å². The Hall–Kier alpha value is -0.280. The molecule has 0 spiro atoms. The molecule has 1 saturated heterocycles. The second kappa shape index (κ2) is 4.57. The highest BCUT2D eigenvalue weighted by Crippen LogP contribution is 2.13. The molecule has 1 unspecified atom stereocenters. The van der Waals surface area contributed by atoms with Crippen molar-refractivity contribution in [3.63, 3.8) is 0 Å². The van der Waals surface area contributed by atoms with Gasteiger partial charge in [-0.2, -0.15) is 0 Å². The van der Waals surface area contributed by atoms with Crippen molar-refractivity contribution < 1.29 is 14.3 Å². The minimum Gasteiger partial charge on any atom is -0.436 e. The fraction of sp³-hybridized carbons (Fsp3) is 0.857. The van der Waals surface area contributed by atoms with Gasteiger partial charge in [0.05, 0.1) is 13.0 Å². The lowest BCUT2D eigenvalue weighted by Gasteiger charge is -2.09. The third-order valence-electron chi connectivity index (χ3n) is 1.45. The van der Waals surface area contributed by atoms with Crippen molar-refractivity contribution in [3.8, 4) is 0 Å². The number of alkyl halides is 1. The smallest absolute Gasteiger partial charge is 0.309 e. The molecular weight excluding hydrogens is 168 g/mol. The molecular formula is C7H11ClO3. The van der Waals surface area contributed by atoms with E-state index in [4.69, 9.17) is 21.1 Å². The summed E-state index contributed by atoms with van der Waals surface area (Å²) in [7, 11) is 0. The van der Waals surface area contributed by atoms with Crippen LogP contribution >= 0.6 is 11.6 Å². The van der Waals surface area contributed by atoms with E-state index in [0.717, 1.165) is 12.8 Å². The Morgan fingerprint density at radius 3 is 3.09 bits per heavy atom. The molecule has 1 aliphatic heterocycles. The lowest BCUT2D eigenvalue weighted by Crippen LogP contribution is -2.16. The average Bonchev–Trinajstić information content (AvgIpc) is 2.40. The summed E-state index contributed by atoms with van der Waals surface area (Å²) >= 11 is 5.34. The predicted octanol–water partition coefficient (Wildman–Crippen LogP) is 1.29. The zero-order valence-corrected chi connectivity index (χ0v) is 6.97. The standard InChI is InChI=1S/C7H11ClO3/c8-4-3-6(9)11-7-2-1-5-10-7/h7H,1-5H2. The summed E-state index contributed by atoms with van der Waals surface area (Å²) in [5.41, 5.74) is 0. The summed E-state index contributed by atoms with van der Waals surface area (Å²) in [5.74, 6) is 0.0397. The van der Waals surface area contributed by atoms with Gasteiger partial charge in [0, 0.05) is 12.3 Å². The third-order valence-corrected chi connectivity index (χ3v) is 1.64.